The third-order valence-corrected chi connectivity index (χ3v) is 6.72. The second kappa shape index (κ2) is 35.3. The van der Waals surface area contributed by atoms with Crippen molar-refractivity contribution in [1.29, 1.82) is 0 Å². The fraction of sp³-hybridized carbons (Fsp3) is 0.938. The van der Waals surface area contributed by atoms with Crippen LogP contribution in [0.3, 0.4) is 0 Å². The summed E-state index contributed by atoms with van der Waals surface area (Å²) in [5, 5.41) is 0. The Morgan fingerprint density at radius 3 is 0.688 bits per heavy atom. The van der Waals surface area contributed by atoms with Gasteiger partial charge in [0, 0.05) is 0 Å². The Morgan fingerprint density at radius 1 is 0.312 bits per heavy atom. The van der Waals surface area contributed by atoms with Gasteiger partial charge in [-0.2, -0.15) is 0 Å². The Kier molecular flexibility index (Phi) is 37.4. The first kappa shape index (κ1) is 33.9. The Hall–Kier alpha value is -0.260. The lowest BCUT2D eigenvalue weighted by molar-refractivity contribution is 0.540. The predicted octanol–water partition coefficient (Wildman–Crippen LogP) is 12.8. The molecule has 0 aromatic heterocycles. The van der Waals surface area contributed by atoms with Gasteiger partial charge in [0.25, 0.3) is 0 Å². The van der Waals surface area contributed by atoms with E-state index in [1.54, 1.807) is 0 Å². The number of allylic oxidation sites excluding steroid dienone is 1. The molecule has 194 valence electrons. The highest BCUT2D eigenvalue weighted by molar-refractivity contribution is 4.65. The van der Waals surface area contributed by atoms with Crippen molar-refractivity contribution in [2.75, 3.05) is 0 Å². The predicted molar refractivity (Wildman–Crippen MR) is 152 cm³/mol. The van der Waals surface area contributed by atoms with E-state index in [2.05, 4.69) is 27.4 Å². The minimum atomic E-state index is 1.21. The maximum Gasteiger partial charge on any atom is -0.0353 e. The monoisotopic (exact) mass is 451 g/mol. The van der Waals surface area contributed by atoms with Crippen molar-refractivity contribution in [1.82, 2.24) is 0 Å². The number of unbranched alkanes of at least 4 members (excludes halogenated alkanes) is 25. The molecule has 0 saturated heterocycles. The minimum absolute atomic E-state index is 1.21. The third-order valence-electron chi connectivity index (χ3n) is 6.72. The topological polar surface area (TPSA) is 0 Å². The Balaban J connectivity index is 0. The lowest BCUT2D eigenvalue weighted by Crippen LogP contribution is -1.82. The summed E-state index contributed by atoms with van der Waals surface area (Å²) in [5.74, 6) is 0. The van der Waals surface area contributed by atoms with Crippen molar-refractivity contribution in [3.63, 3.8) is 0 Å². The molecule has 0 heterocycles. The Morgan fingerprint density at radius 2 is 0.500 bits per heavy atom. The SMILES string of the molecule is C=CCCCCCCCCCCCCCCC.CCCCCCCCCCCCCCC. The Labute approximate surface area is 206 Å². The first-order valence-electron chi connectivity index (χ1n) is 15.4. The molecule has 0 bridgehead atoms. The molecule has 0 amide bonds. The van der Waals surface area contributed by atoms with Crippen LogP contribution in [0.1, 0.15) is 194 Å². The molecule has 0 nitrogen and oxygen atoms in total. The highest BCUT2D eigenvalue weighted by atomic mass is 14.0. The molecule has 32 heavy (non-hydrogen) atoms. The molecule has 0 saturated carbocycles. The fourth-order valence-electron chi connectivity index (χ4n) is 4.40. The molecule has 0 unspecified atom stereocenters. The summed E-state index contributed by atoms with van der Waals surface area (Å²) in [7, 11) is 0. The van der Waals surface area contributed by atoms with E-state index in [9.17, 15) is 0 Å². The van der Waals surface area contributed by atoms with Crippen LogP contribution in [0.4, 0.5) is 0 Å². The lowest BCUT2D eigenvalue weighted by atomic mass is 10.0. The van der Waals surface area contributed by atoms with Crippen LogP contribution in [0.2, 0.25) is 0 Å². The smallest absolute Gasteiger partial charge is 0.0353 e. The van der Waals surface area contributed by atoms with Crippen LogP contribution in [0, 0.1) is 0 Å². The van der Waals surface area contributed by atoms with Gasteiger partial charge in [-0.05, 0) is 12.8 Å². The van der Waals surface area contributed by atoms with E-state index in [0.717, 1.165) is 0 Å². The Bertz CT molecular complexity index is 280. The van der Waals surface area contributed by atoms with Crippen molar-refractivity contribution < 1.29 is 0 Å². The van der Waals surface area contributed by atoms with Gasteiger partial charge in [-0.3, -0.25) is 0 Å². The van der Waals surface area contributed by atoms with Gasteiger partial charge in [0.05, 0.1) is 0 Å². The summed E-state index contributed by atoms with van der Waals surface area (Å²) in [6.45, 7) is 10.6. The molecule has 0 aromatic carbocycles. The van der Waals surface area contributed by atoms with Crippen LogP contribution in [-0.2, 0) is 0 Å². The van der Waals surface area contributed by atoms with Crippen LogP contribution in [0.25, 0.3) is 0 Å². The zero-order valence-electron chi connectivity index (χ0n) is 23.4. The molecule has 0 atom stereocenters. The van der Waals surface area contributed by atoms with E-state index in [1.165, 1.54) is 173 Å². The molecular weight excluding hydrogens is 384 g/mol. The van der Waals surface area contributed by atoms with Gasteiger partial charge in [-0.15, -0.1) is 6.58 Å². The fourth-order valence-corrected chi connectivity index (χ4v) is 4.40. The van der Waals surface area contributed by atoms with Crippen LogP contribution in [0.5, 0.6) is 0 Å². The molecule has 0 aliphatic carbocycles. The summed E-state index contributed by atoms with van der Waals surface area (Å²) in [5.41, 5.74) is 0. The van der Waals surface area contributed by atoms with Crippen LogP contribution in [-0.4, -0.2) is 0 Å². The average Bonchev–Trinajstić information content (AvgIpc) is 2.81. The van der Waals surface area contributed by atoms with Gasteiger partial charge >= 0.3 is 0 Å². The van der Waals surface area contributed by atoms with Crippen LogP contribution >= 0.6 is 0 Å². The van der Waals surface area contributed by atoms with Crippen LogP contribution in [0.15, 0.2) is 12.7 Å². The normalized spacial score (nSPS) is 10.7. The largest absolute Gasteiger partial charge is 0.103 e. The molecule has 0 fully saturated rings. The van der Waals surface area contributed by atoms with E-state index in [-0.39, 0.29) is 0 Å². The molecule has 0 rings (SSSR count). The van der Waals surface area contributed by atoms with Crippen molar-refractivity contribution in [2.45, 2.75) is 194 Å². The second-order valence-corrected chi connectivity index (χ2v) is 10.2. The van der Waals surface area contributed by atoms with Gasteiger partial charge in [0.2, 0.25) is 0 Å². The second-order valence-electron chi connectivity index (χ2n) is 10.2. The first-order chi connectivity index (χ1) is 15.8. The molecular formula is C32H66. The van der Waals surface area contributed by atoms with Gasteiger partial charge < -0.3 is 0 Å². The third kappa shape index (κ3) is 37.1. The molecule has 0 aliphatic rings. The zero-order chi connectivity index (χ0) is 23.8. The highest BCUT2D eigenvalue weighted by Gasteiger charge is 1.94. The van der Waals surface area contributed by atoms with E-state index in [4.69, 9.17) is 0 Å². The van der Waals surface area contributed by atoms with Crippen LogP contribution < -0.4 is 0 Å². The van der Waals surface area contributed by atoms with Gasteiger partial charge in [-0.1, -0.05) is 187 Å². The standard InChI is InChI=1S/C17H34.C15H32/c1-3-5-7-9-11-13-15-17-16-14-12-10-8-6-4-2;1-3-5-7-9-11-13-15-14-12-10-8-6-4-2/h3H,1,4-17H2,2H3;3-15H2,1-2H3. The maximum atomic E-state index is 3.75. The summed E-state index contributed by atoms with van der Waals surface area (Å²) >= 11 is 0. The molecule has 0 spiro atoms. The van der Waals surface area contributed by atoms with Gasteiger partial charge in [-0.25, -0.2) is 0 Å². The van der Waals surface area contributed by atoms with E-state index in [1.807, 2.05) is 6.08 Å². The quantitative estimate of drug-likeness (QED) is 0.0907. The average molecular weight is 451 g/mol. The number of rotatable bonds is 26. The number of hydrogen-bond acceptors (Lipinski definition) is 0. The first-order valence-corrected chi connectivity index (χ1v) is 15.4. The summed E-state index contributed by atoms with van der Waals surface area (Å²) in [6.07, 6.45) is 40.9. The molecule has 0 aliphatic heterocycles. The van der Waals surface area contributed by atoms with E-state index >= 15 is 0 Å². The van der Waals surface area contributed by atoms with E-state index < -0.39 is 0 Å². The van der Waals surface area contributed by atoms with Gasteiger partial charge in [0.1, 0.15) is 0 Å². The van der Waals surface area contributed by atoms with Crippen molar-refractivity contribution in [3.8, 4) is 0 Å². The van der Waals surface area contributed by atoms with Crippen molar-refractivity contribution in [2.24, 2.45) is 0 Å². The summed E-state index contributed by atoms with van der Waals surface area (Å²) in [4.78, 5) is 0. The lowest BCUT2D eigenvalue weighted by Gasteiger charge is -2.02. The minimum Gasteiger partial charge on any atom is -0.103 e. The summed E-state index contributed by atoms with van der Waals surface area (Å²) < 4.78 is 0. The zero-order valence-corrected chi connectivity index (χ0v) is 23.4. The highest BCUT2D eigenvalue weighted by Crippen LogP contribution is 2.13. The maximum absolute atomic E-state index is 3.75. The van der Waals surface area contributed by atoms with Gasteiger partial charge in [0.15, 0.2) is 0 Å². The van der Waals surface area contributed by atoms with Crippen molar-refractivity contribution in [3.05, 3.63) is 12.7 Å². The molecule has 0 heteroatoms. The molecule has 0 N–H and O–H groups in total. The van der Waals surface area contributed by atoms with Crippen molar-refractivity contribution >= 4 is 0 Å². The molecule has 0 radical (unpaired) electrons. The molecule has 0 aromatic rings. The summed E-state index contributed by atoms with van der Waals surface area (Å²) in [6, 6.07) is 0. The van der Waals surface area contributed by atoms with E-state index in [0.29, 0.717) is 0 Å². The number of hydrogen-bond donors (Lipinski definition) is 0.